The molecule has 4 nitrogen and oxygen atoms in total. The summed E-state index contributed by atoms with van der Waals surface area (Å²) in [5.74, 6) is -1.64. The first-order chi connectivity index (χ1) is 8.51. The molecule has 0 fully saturated rings. The van der Waals surface area contributed by atoms with Crippen LogP contribution < -0.4 is 5.32 Å². The Morgan fingerprint density at radius 2 is 1.83 bits per heavy atom. The molecule has 0 heterocycles. The average molecular weight is 253 g/mol. The molecule has 0 radical (unpaired) electrons. The van der Waals surface area contributed by atoms with Gasteiger partial charge in [0.2, 0.25) is 0 Å². The molecule has 102 valence electrons. The van der Waals surface area contributed by atoms with E-state index in [1.165, 1.54) is 0 Å². The first-order valence-corrected chi connectivity index (χ1v) is 5.94. The molecule has 0 bridgehead atoms. The summed E-state index contributed by atoms with van der Waals surface area (Å²) in [5.41, 5.74) is 0.765. The maximum Gasteiger partial charge on any atom is 0.397 e. The van der Waals surface area contributed by atoms with Crippen LogP contribution in [0.1, 0.15) is 27.7 Å². The second-order valence-electron chi connectivity index (χ2n) is 3.32. The molecule has 0 unspecified atom stereocenters. The van der Waals surface area contributed by atoms with Gasteiger partial charge < -0.3 is 10.1 Å². The van der Waals surface area contributed by atoms with Crippen LogP contribution >= 0.6 is 0 Å². The van der Waals surface area contributed by atoms with Crippen LogP contribution in [0.4, 0.5) is 0 Å². The Morgan fingerprint density at radius 1 is 1.28 bits per heavy atom. The summed E-state index contributed by atoms with van der Waals surface area (Å²) in [6, 6.07) is 0. The summed E-state index contributed by atoms with van der Waals surface area (Å²) in [5, 5.41) is 2.42. The highest BCUT2D eigenvalue weighted by atomic mass is 16.5. The van der Waals surface area contributed by atoms with Crippen LogP contribution in [0.2, 0.25) is 0 Å². The summed E-state index contributed by atoms with van der Waals surface area (Å²) in [6.07, 6.45) is 4.55. The van der Waals surface area contributed by atoms with Gasteiger partial charge in [0.25, 0.3) is 0 Å². The van der Waals surface area contributed by atoms with Crippen molar-refractivity contribution in [2.24, 2.45) is 0 Å². The van der Waals surface area contributed by atoms with Crippen molar-refractivity contribution in [2.75, 3.05) is 6.54 Å². The largest absolute Gasteiger partial charge is 0.456 e. The highest BCUT2D eigenvalue weighted by Crippen LogP contribution is 1.94. The number of amides is 1. The third kappa shape index (κ3) is 9.39. The van der Waals surface area contributed by atoms with E-state index in [1.54, 1.807) is 32.1 Å². The van der Waals surface area contributed by atoms with E-state index < -0.39 is 11.9 Å². The zero-order valence-corrected chi connectivity index (χ0v) is 11.7. The van der Waals surface area contributed by atoms with E-state index in [2.05, 4.69) is 18.5 Å². The maximum atomic E-state index is 11.2. The van der Waals surface area contributed by atoms with Gasteiger partial charge in [-0.25, -0.2) is 4.79 Å². The number of hydrogen-bond donors (Lipinski definition) is 1. The fourth-order valence-electron chi connectivity index (χ4n) is 0.873. The summed E-state index contributed by atoms with van der Waals surface area (Å²) < 4.78 is 4.72. The van der Waals surface area contributed by atoms with Crippen molar-refractivity contribution in [2.45, 2.75) is 33.8 Å². The SMILES string of the molecule is C=C/C=C(\C=C)CNC(=O)C(=O)OC(C)C.CC. The topological polar surface area (TPSA) is 55.4 Å². The fourth-order valence-corrected chi connectivity index (χ4v) is 0.873. The highest BCUT2D eigenvalue weighted by molar-refractivity contribution is 6.32. The molecule has 0 spiro atoms. The van der Waals surface area contributed by atoms with E-state index in [0.717, 1.165) is 5.57 Å². The Labute approximate surface area is 109 Å². The maximum absolute atomic E-state index is 11.2. The lowest BCUT2D eigenvalue weighted by molar-refractivity contribution is -0.157. The molecule has 0 aliphatic rings. The monoisotopic (exact) mass is 253 g/mol. The predicted molar refractivity (Wildman–Crippen MR) is 74.1 cm³/mol. The zero-order chi connectivity index (χ0) is 14.6. The van der Waals surface area contributed by atoms with Crippen LogP contribution in [-0.4, -0.2) is 24.5 Å². The minimum Gasteiger partial charge on any atom is -0.456 e. The Bertz CT molecular complexity index is 317. The summed E-state index contributed by atoms with van der Waals surface area (Å²) in [4.78, 5) is 22.3. The van der Waals surface area contributed by atoms with Gasteiger partial charge in [-0.1, -0.05) is 45.2 Å². The lowest BCUT2D eigenvalue weighted by Crippen LogP contribution is -2.34. The molecule has 0 aromatic carbocycles. The average Bonchev–Trinajstić information content (AvgIpc) is 2.35. The minimum atomic E-state index is -0.878. The van der Waals surface area contributed by atoms with Crippen LogP contribution in [0, 0.1) is 0 Å². The standard InChI is InChI=1S/C12H17NO3.C2H6/c1-5-7-10(6-2)8-13-11(14)12(15)16-9(3)4;1-2/h5-7,9H,1-2,8H2,3-4H3,(H,13,14);1-2H3/b10-7+;. The van der Waals surface area contributed by atoms with E-state index in [0.29, 0.717) is 0 Å². The molecule has 0 rings (SSSR count). The van der Waals surface area contributed by atoms with Gasteiger partial charge in [0, 0.05) is 6.54 Å². The molecule has 4 heteroatoms. The number of nitrogens with one attached hydrogen (secondary N) is 1. The van der Waals surface area contributed by atoms with Gasteiger partial charge in [-0.15, -0.1) is 0 Å². The van der Waals surface area contributed by atoms with Gasteiger partial charge in [-0.3, -0.25) is 4.79 Å². The Kier molecular flexibility index (Phi) is 12.0. The fraction of sp³-hybridized carbons (Fsp3) is 0.429. The van der Waals surface area contributed by atoms with Crippen LogP contribution in [-0.2, 0) is 14.3 Å². The Hall–Kier alpha value is -1.84. The summed E-state index contributed by atoms with van der Waals surface area (Å²) in [6.45, 7) is 14.7. The van der Waals surface area contributed by atoms with Gasteiger partial charge in [-0.2, -0.15) is 0 Å². The smallest absolute Gasteiger partial charge is 0.397 e. The van der Waals surface area contributed by atoms with E-state index in [-0.39, 0.29) is 12.6 Å². The third-order valence-electron chi connectivity index (χ3n) is 1.58. The summed E-state index contributed by atoms with van der Waals surface area (Å²) >= 11 is 0. The van der Waals surface area contributed by atoms with Crippen molar-refractivity contribution in [3.05, 3.63) is 37.0 Å². The molecule has 0 saturated carbocycles. The predicted octanol–water partition coefficient (Wildman–Crippen LogP) is 2.38. The van der Waals surface area contributed by atoms with Crippen LogP contribution in [0.3, 0.4) is 0 Å². The van der Waals surface area contributed by atoms with Crippen molar-refractivity contribution >= 4 is 11.9 Å². The van der Waals surface area contributed by atoms with E-state index in [9.17, 15) is 9.59 Å². The van der Waals surface area contributed by atoms with Crippen molar-refractivity contribution in [1.82, 2.24) is 5.32 Å². The Morgan fingerprint density at radius 3 is 2.22 bits per heavy atom. The number of hydrogen-bond acceptors (Lipinski definition) is 3. The molecular formula is C14H23NO3. The number of rotatable bonds is 5. The molecule has 0 aromatic rings. The first kappa shape index (κ1) is 18.5. The molecule has 0 saturated heterocycles. The van der Waals surface area contributed by atoms with Crippen LogP contribution in [0.5, 0.6) is 0 Å². The lowest BCUT2D eigenvalue weighted by atomic mass is 10.2. The Balaban J connectivity index is 0. The van der Waals surface area contributed by atoms with Gasteiger partial charge in [0.05, 0.1) is 6.10 Å². The van der Waals surface area contributed by atoms with E-state index in [1.807, 2.05) is 13.8 Å². The lowest BCUT2D eigenvalue weighted by Gasteiger charge is -2.08. The van der Waals surface area contributed by atoms with E-state index >= 15 is 0 Å². The highest BCUT2D eigenvalue weighted by Gasteiger charge is 2.15. The number of ether oxygens (including phenoxy) is 1. The number of carbonyl (C=O) groups is 2. The van der Waals surface area contributed by atoms with Gasteiger partial charge in [0.1, 0.15) is 0 Å². The van der Waals surface area contributed by atoms with Crippen molar-refractivity contribution in [3.63, 3.8) is 0 Å². The molecule has 0 aliphatic carbocycles. The molecule has 1 N–H and O–H groups in total. The van der Waals surface area contributed by atoms with Crippen molar-refractivity contribution in [3.8, 4) is 0 Å². The zero-order valence-electron chi connectivity index (χ0n) is 11.7. The van der Waals surface area contributed by atoms with Gasteiger partial charge in [0.15, 0.2) is 0 Å². The molecule has 0 atom stereocenters. The second kappa shape index (κ2) is 11.6. The second-order valence-corrected chi connectivity index (χ2v) is 3.32. The van der Waals surface area contributed by atoms with Crippen molar-refractivity contribution in [1.29, 1.82) is 0 Å². The van der Waals surface area contributed by atoms with E-state index in [4.69, 9.17) is 4.74 Å². The van der Waals surface area contributed by atoms with Crippen LogP contribution in [0.25, 0.3) is 0 Å². The third-order valence-corrected chi connectivity index (χ3v) is 1.58. The molecule has 18 heavy (non-hydrogen) atoms. The first-order valence-electron chi connectivity index (χ1n) is 5.94. The molecular weight excluding hydrogens is 230 g/mol. The number of carbonyl (C=O) groups excluding carboxylic acids is 2. The number of esters is 1. The van der Waals surface area contributed by atoms with Gasteiger partial charge >= 0.3 is 11.9 Å². The quantitative estimate of drug-likeness (QED) is 0.465. The normalized spacial score (nSPS) is 9.94. The van der Waals surface area contributed by atoms with Crippen molar-refractivity contribution < 1.29 is 14.3 Å². The minimum absolute atomic E-state index is 0.224. The number of allylic oxidation sites excluding steroid dienone is 2. The van der Waals surface area contributed by atoms with Gasteiger partial charge in [-0.05, 0) is 19.4 Å². The molecule has 0 aliphatic heterocycles. The van der Waals surface area contributed by atoms with Crippen LogP contribution in [0.15, 0.2) is 37.0 Å². The molecule has 0 aromatic heterocycles. The molecule has 1 amide bonds. The summed E-state index contributed by atoms with van der Waals surface area (Å²) in [7, 11) is 0.